The third-order valence-corrected chi connectivity index (χ3v) is 1.93. The Labute approximate surface area is 81.3 Å². The molecule has 0 saturated carbocycles. The van der Waals surface area contributed by atoms with Crippen LogP contribution in [0.25, 0.3) is 0 Å². The molecular formula is C9H10N4O. The second kappa shape index (κ2) is 3.37. The number of Topliss-reactive ketones (excluding diaryl/α,β-unsaturated/α-hetero) is 1. The van der Waals surface area contributed by atoms with Crippen LogP contribution in [0.5, 0.6) is 0 Å². The average Bonchev–Trinajstić information content (AvgIpc) is 2.70. The molecule has 0 bridgehead atoms. The van der Waals surface area contributed by atoms with Crippen molar-refractivity contribution in [3.8, 4) is 0 Å². The zero-order valence-electron chi connectivity index (χ0n) is 7.69. The zero-order chi connectivity index (χ0) is 9.97. The molecule has 0 fully saturated rings. The van der Waals surface area contributed by atoms with Gasteiger partial charge in [0.2, 0.25) is 0 Å². The Morgan fingerprint density at radius 1 is 1.43 bits per heavy atom. The molecule has 0 amide bonds. The van der Waals surface area contributed by atoms with Crippen LogP contribution in [-0.2, 0) is 0 Å². The molecule has 0 radical (unpaired) electrons. The summed E-state index contributed by atoms with van der Waals surface area (Å²) in [6.07, 6.45) is 1.51. The van der Waals surface area contributed by atoms with Gasteiger partial charge in [-0.05, 0) is 19.1 Å². The van der Waals surface area contributed by atoms with Gasteiger partial charge in [-0.25, -0.2) is 0 Å². The van der Waals surface area contributed by atoms with Crippen molar-refractivity contribution in [3.63, 3.8) is 0 Å². The Balaban J connectivity index is 2.36. The van der Waals surface area contributed by atoms with Crippen LogP contribution in [0.4, 0.5) is 5.69 Å². The Bertz CT molecular complexity index is 380. The highest BCUT2D eigenvalue weighted by atomic mass is 16.1. The van der Waals surface area contributed by atoms with Crippen LogP contribution in [0, 0.1) is 0 Å². The van der Waals surface area contributed by atoms with Crippen molar-refractivity contribution in [1.82, 2.24) is 11.0 Å². The summed E-state index contributed by atoms with van der Waals surface area (Å²) < 4.78 is 0. The molecule has 1 heterocycles. The maximum Gasteiger partial charge on any atom is 0.162 e. The maximum atomic E-state index is 11.3. The van der Waals surface area contributed by atoms with Crippen LogP contribution < -0.4 is 16.1 Å². The SMILES string of the molecule is CC(=O)c1ccccc1N1NC=NN1. The average molecular weight is 190 g/mol. The van der Waals surface area contributed by atoms with Crippen molar-refractivity contribution >= 4 is 17.8 Å². The molecule has 14 heavy (non-hydrogen) atoms. The van der Waals surface area contributed by atoms with Crippen molar-refractivity contribution < 1.29 is 4.79 Å². The summed E-state index contributed by atoms with van der Waals surface area (Å²) >= 11 is 0. The second-order valence-electron chi connectivity index (χ2n) is 2.90. The number of ketones is 1. The van der Waals surface area contributed by atoms with Gasteiger partial charge in [0.05, 0.1) is 5.69 Å². The van der Waals surface area contributed by atoms with Crippen molar-refractivity contribution in [2.75, 3.05) is 5.12 Å². The molecule has 0 aliphatic carbocycles. The molecule has 1 aliphatic rings. The Morgan fingerprint density at radius 2 is 2.21 bits per heavy atom. The number of nitrogens with one attached hydrogen (secondary N) is 2. The van der Waals surface area contributed by atoms with E-state index in [0.717, 1.165) is 5.69 Å². The standard InChI is InChI=1S/C9H10N4O/c1-7(14)8-4-2-3-5-9(8)13-11-6-10-12-13/h2-6,12H,1H3,(H,10,11). The largest absolute Gasteiger partial charge is 0.294 e. The Kier molecular flexibility index (Phi) is 2.06. The highest BCUT2D eigenvalue weighted by molar-refractivity contribution is 5.99. The van der Waals surface area contributed by atoms with E-state index in [9.17, 15) is 4.79 Å². The quantitative estimate of drug-likeness (QED) is 0.673. The summed E-state index contributed by atoms with van der Waals surface area (Å²) in [5.74, 6) is 0.0242. The number of hydrogen-bond donors (Lipinski definition) is 2. The topological polar surface area (TPSA) is 56.7 Å². The van der Waals surface area contributed by atoms with Crippen LogP contribution in [0.15, 0.2) is 29.4 Å². The number of benzene rings is 1. The lowest BCUT2D eigenvalue weighted by Gasteiger charge is -2.18. The summed E-state index contributed by atoms with van der Waals surface area (Å²) in [5.41, 5.74) is 6.97. The first-order valence-electron chi connectivity index (χ1n) is 4.22. The molecule has 5 heteroatoms. The molecule has 0 unspecified atom stereocenters. The lowest BCUT2D eigenvalue weighted by atomic mass is 10.1. The van der Waals surface area contributed by atoms with Gasteiger partial charge in [0.15, 0.2) is 5.78 Å². The minimum absolute atomic E-state index is 0.0242. The minimum Gasteiger partial charge on any atom is -0.294 e. The van der Waals surface area contributed by atoms with E-state index < -0.39 is 0 Å². The molecule has 1 aliphatic heterocycles. The van der Waals surface area contributed by atoms with Crippen molar-refractivity contribution in [2.45, 2.75) is 6.92 Å². The van der Waals surface area contributed by atoms with Gasteiger partial charge in [-0.3, -0.25) is 10.2 Å². The van der Waals surface area contributed by atoms with E-state index in [4.69, 9.17) is 0 Å². The van der Waals surface area contributed by atoms with Crippen LogP contribution in [-0.4, -0.2) is 12.1 Å². The van der Waals surface area contributed by atoms with E-state index >= 15 is 0 Å². The fraction of sp³-hybridized carbons (Fsp3) is 0.111. The smallest absolute Gasteiger partial charge is 0.162 e. The normalized spacial score (nSPS) is 13.6. The highest BCUT2D eigenvalue weighted by Crippen LogP contribution is 2.18. The maximum absolute atomic E-state index is 11.3. The fourth-order valence-corrected chi connectivity index (χ4v) is 1.29. The van der Waals surface area contributed by atoms with Crippen molar-refractivity contribution in [1.29, 1.82) is 0 Å². The number of carbonyl (C=O) groups is 1. The molecule has 2 rings (SSSR count). The van der Waals surface area contributed by atoms with Crippen LogP contribution in [0.3, 0.4) is 0 Å². The van der Waals surface area contributed by atoms with Crippen molar-refractivity contribution in [2.24, 2.45) is 5.10 Å². The Morgan fingerprint density at radius 3 is 2.86 bits per heavy atom. The van der Waals surface area contributed by atoms with Gasteiger partial charge in [0.25, 0.3) is 0 Å². The predicted molar refractivity (Wildman–Crippen MR) is 53.7 cm³/mol. The van der Waals surface area contributed by atoms with E-state index in [1.807, 2.05) is 18.2 Å². The highest BCUT2D eigenvalue weighted by Gasteiger charge is 2.14. The number of hydrazone groups is 1. The third-order valence-electron chi connectivity index (χ3n) is 1.93. The second-order valence-corrected chi connectivity index (χ2v) is 2.90. The number of nitrogens with zero attached hydrogens (tertiary/aromatic N) is 2. The van der Waals surface area contributed by atoms with Gasteiger partial charge < -0.3 is 0 Å². The number of carbonyl (C=O) groups excluding carboxylic acids is 1. The molecular weight excluding hydrogens is 180 g/mol. The van der Waals surface area contributed by atoms with Gasteiger partial charge >= 0.3 is 0 Å². The molecule has 1 aromatic carbocycles. The molecule has 1 aromatic rings. The molecule has 72 valence electrons. The molecule has 0 aromatic heterocycles. The van der Waals surface area contributed by atoms with Crippen LogP contribution >= 0.6 is 0 Å². The van der Waals surface area contributed by atoms with Crippen LogP contribution in [0.2, 0.25) is 0 Å². The van der Waals surface area contributed by atoms with E-state index in [-0.39, 0.29) is 5.78 Å². The van der Waals surface area contributed by atoms with Crippen molar-refractivity contribution in [3.05, 3.63) is 29.8 Å². The summed E-state index contributed by atoms with van der Waals surface area (Å²) in [4.78, 5) is 11.3. The molecule has 0 atom stereocenters. The fourth-order valence-electron chi connectivity index (χ4n) is 1.29. The van der Waals surface area contributed by atoms with Gasteiger partial charge in [0.1, 0.15) is 6.34 Å². The lowest BCUT2D eigenvalue weighted by molar-refractivity contribution is 0.101. The summed E-state index contributed by atoms with van der Waals surface area (Å²) in [5, 5.41) is 5.35. The van der Waals surface area contributed by atoms with E-state index in [2.05, 4.69) is 16.1 Å². The number of anilines is 1. The van der Waals surface area contributed by atoms with Crippen LogP contribution in [0.1, 0.15) is 17.3 Å². The molecule has 0 saturated heterocycles. The predicted octanol–water partition coefficient (Wildman–Crippen LogP) is 0.662. The number of para-hydroxylation sites is 1. The number of hydrogen-bond acceptors (Lipinski definition) is 5. The zero-order valence-corrected chi connectivity index (χ0v) is 7.69. The van der Waals surface area contributed by atoms with E-state index in [0.29, 0.717) is 5.56 Å². The van der Waals surface area contributed by atoms with Gasteiger partial charge in [-0.15, -0.1) is 5.10 Å². The summed E-state index contributed by atoms with van der Waals surface area (Å²) in [6.45, 7) is 1.54. The Hall–Kier alpha value is -2.04. The summed E-state index contributed by atoms with van der Waals surface area (Å²) in [6, 6.07) is 7.31. The summed E-state index contributed by atoms with van der Waals surface area (Å²) in [7, 11) is 0. The van der Waals surface area contributed by atoms with E-state index in [1.165, 1.54) is 13.3 Å². The lowest BCUT2D eigenvalue weighted by Crippen LogP contribution is -2.39. The molecule has 0 spiro atoms. The third kappa shape index (κ3) is 1.39. The number of hydrazine groups is 2. The monoisotopic (exact) mass is 190 g/mol. The first-order chi connectivity index (χ1) is 6.79. The molecule has 2 N–H and O–H groups in total. The van der Waals surface area contributed by atoms with E-state index in [1.54, 1.807) is 11.2 Å². The number of rotatable bonds is 2. The first kappa shape index (κ1) is 8.55. The first-order valence-corrected chi connectivity index (χ1v) is 4.22. The van der Waals surface area contributed by atoms with Gasteiger partial charge in [-0.2, -0.15) is 10.7 Å². The van der Waals surface area contributed by atoms with Gasteiger partial charge in [0, 0.05) is 5.56 Å². The van der Waals surface area contributed by atoms with Gasteiger partial charge in [-0.1, -0.05) is 12.1 Å². The minimum atomic E-state index is 0.0242. The molecule has 5 nitrogen and oxygen atoms in total.